The molecule has 2 rings (SSSR count). The first-order chi connectivity index (χ1) is 9.90. The summed E-state index contributed by atoms with van der Waals surface area (Å²) in [5.41, 5.74) is 0.954. The van der Waals surface area contributed by atoms with Crippen LogP contribution in [0.3, 0.4) is 0 Å². The van der Waals surface area contributed by atoms with Crippen molar-refractivity contribution in [1.29, 1.82) is 0 Å². The van der Waals surface area contributed by atoms with E-state index in [0.717, 1.165) is 23.4 Å². The molecule has 0 radical (unpaired) electrons. The van der Waals surface area contributed by atoms with Crippen molar-refractivity contribution in [2.24, 2.45) is 0 Å². The molecule has 112 valence electrons. The summed E-state index contributed by atoms with van der Waals surface area (Å²) < 4.78 is 42.7. The number of alkyl halides is 3. The van der Waals surface area contributed by atoms with E-state index >= 15 is 0 Å². The lowest BCUT2D eigenvalue weighted by atomic mass is 10.2. The first kappa shape index (κ1) is 15.2. The van der Waals surface area contributed by atoms with E-state index in [1.54, 1.807) is 6.20 Å². The summed E-state index contributed by atoms with van der Waals surface area (Å²) in [5, 5.41) is 2.99. The molecule has 0 saturated heterocycles. The van der Waals surface area contributed by atoms with Gasteiger partial charge in [-0.3, -0.25) is 0 Å². The van der Waals surface area contributed by atoms with Gasteiger partial charge in [-0.25, -0.2) is 4.98 Å². The lowest BCUT2D eigenvalue weighted by Gasteiger charge is -2.09. The molecule has 0 unspecified atom stereocenters. The summed E-state index contributed by atoms with van der Waals surface area (Å²) in [6, 6.07) is 4.49. The van der Waals surface area contributed by atoms with Gasteiger partial charge in [-0.05, 0) is 38.2 Å². The number of nitrogens with one attached hydrogen (secondary N) is 1. The van der Waals surface area contributed by atoms with Crippen molar-refractivity contribution in [3.8, 4) is 11.8 Å². The van der Waals surface area contributed by atoms with Crippen molar-refractivity contribution in [1.82, 2.24) is 15.3 Å². The Morgan fingerprint density at radius 3 is 2.38 bits per heavy atom. The Morgan fingerprint density at radius 1 is 1.19 bits per heavy atom. The van der Waals surface area contributed by atoms with Gasteiger partial charge < -0.3 is 10.1 Å². The molecule has 21 heavy (non-hydrogen) atoms. The molecule has 0 aliphatic heterocycles. The van der Waals surface area contributed by atoms with Crippen molar-refractivity contribution < 1.29 is 17.9 Å². The number of halogens is 3. The first-order valence-electron chi connectivity index (χ1n) is 6.22. The number of aryl methyl sites for hydroxylation is 1. The predicted octanol–water partition coefficient (Wildman–Crippen LogP) is 3.32. The topological polar surface area (TPSA) is 47.0 Å². The summed E-state index contributed by atoms with van der Waals surface area (Å²) in [5.74, 6) is 0.253. The van der Waals surface area contributed by atoms with Gasteiger partial charge in [0, 0.05) is 24.0 Å². The highest BCUT2D eigenvalue weighted by atomic mass is 19.4. The highest BCUT2D eigenvalue weighted by Crippen LogP contribution is 2.30. The molecule has 1 aromatic carbocycles. The molecule has 0 aliphatic rings. The molecule has 0 aliphatic carbocycles. The van der Waals surface area contributed by atoms with Crippen LogP contribution in [-0.4, -0.2) is 17.0 Å². The molecular formula is C14H14F3N3O. The predicted molar refractivity (Wildman–Crippen MR) is 71.1 cm³/mol. The number of hydrogen-bond donors (Lipinski definition) is 1. The largest absolute Gasteiger partial charge is 0.424 e. The minimum atomic E-state index is -4.36. The molecule has 0 fully saturated rings. The van der Waals surface area contributed by atoms with E-state index < -0.39 is 11.7 Å². The lowest BCUT2D eigenvalue weighted by Crippen LogP contribution is -2.08. The Balaban J connectivity index is 2.13. The monoisotopic (exact) mass is 297 g/mol. The molecule has 0 bridgehead atoms. The van der Waals surface area contributed by atoms with Gasteiger partial charge in [0.25, 0.3) is 0 Å². The molecule has 2 aromatic rings. The minimum Gasteiger partial charge on any atom is -0.424 e. The Bertz CT molecular complexity index is 612. The van der Waals surface area contributed by atoms with Gasteiger partial charge in [0.1, 0.15) is 5.75 Å². The van der Waals surface area contributed by atoms with Gasteiger partial charge >= 0.3 is 12.2 Å². The van der Waals surface area contributed by atoms with Crippen molar-refractivity contribution >= 4 is 0 Å². The van der Waals surface area contributed by atoms with Gasteiger partial charge in [0.2, 0.25) is 0 Å². The van der Waals surface area contributed by atoms with E-state index in [-0.39, 0.29) is 11.8 Å². The second-order valence-electron chi connectivity index (χ2n) is 4.42. The maximum atomic E-state index is 12.4. The number of rotatable bonds is 4. The Labute approximate surface area is 120 Å². The maximum Gasteiger partial charge on any atom is 0.416 e. The highest BCUT2D eigenvalue weighted by Gasteiger charge is 2.30. The number of hydrogen-bond acceptors (Lipinski definition) is 4. The van der Waals surface area contributed by atoms with Crippen molar-refractivity contribution in [3.05, 3.63) is 47.3 Å². The molecule has 7 heteroatoms. The number of aromatic nitrogens is 2. The molecular weight excluding hydrogens is 283 g/mol. The third kappa shape index (κ3) is 3.91. The molecule has 0 amide bonds. The molecule has 0 saturated carbocycles. The second kappa shape index (κ2) is 6.09. The quantitative estimate of drug-likeness (QED) is 0.940. The third-order valence-electron chi connectivity index (χ3n) is 2.82. The third-order valence-corrected chi connectivity index (χ3v) is 2.82. The van der Waals surface area contributed by atoms with Gasteiger partial charge in [-0.15, -0.1) is 0 Å². The number of benzene rings is 1. The second-order valence-corrected chi connectivity index (χ2v) is 4.42. The van der Waals surface area contributed by atoms with Crippen LogP contribution in [0.1, 0.15) is 16.8 Å². The first-order valence-corrected chi connectivity index (χ1v) is 6.22. The molecule has 0 spiro atoms. The summed E-state index contributed by atoms with van der Waals surface area (Å²) in [7, 11) is 1.81. The zero-order valence-corrected chi connectivity index (χ0v) is 11.5. The summed E-state index contributed by atoms with van der Waals surface area (Å²) >= 11 is 0. The molecule has 4 nitrogen and oxygen atoms in total. The Hall–Kier alpha value is -2.15. The van der Waals surface area contributed by atoms with Crippen LogP contribution in [0.15, 0.2) is 30.5 Å². The fraction of sp³-hybridized carbons (Fsp3) is 0.286. The highest BCUT2D eigenvalue weighted by molar-refractivity contribution is 5.31. The fourth-order valence-corrected chi connectivity index (χ4v) is 1.70. The lowest BCUT2D eigenvalue weighted by molar-refractivity contribution is -0.137. The van der Waals surface area contributed by atoms with Gasteiger partial charge in [0.15, 0.2) is 0 Å². The van der Waals surface area contributed by atoms with Crippen molar-refractivity contribution in [3.63, 3.8) is 0 Å². The zero-order valence-electron chi connectivity index (χ0n) is 11.5. The zero-order chi connectivity index (χ0) is 15.5. The van der Waals surface area contributed by atoms with E-state index in [0.29, 0.717) is 6.54 Å². The van der Waals surface area contributed by atoms with Crippen LogP contribution >= 0.6 is 0 Å². The van der Waals surface area contributed by atoms with Crippen LogP contribution < -0.4 is 10.1 Å². The van der Waals surface area contributed by atoms with Crippen molar-refractivity contribution in [2.45, 2.75) is 19.6 Å². The van der Waals surface area contributed by atoms with Crippen LogP contribution in [0.4, 0.5) is 13.2 Å². The molecule has 0 atom stereocenters. The summed E-state index contributed by atoms with van der Waals surface area (Å²) in [6.45, 7) is 2.44. The van der Waals surface area contributed by atoms with E-state index in [1.165, 1.54) is 12.1 Å². The Morgan fingerprint density at radius 2 is 1.86 bits per heavy atom. The average molecular weight is 297 g/mol. The van der Waals surface area contributed by atoms with E-state index in [2.05, 4.69) is 15.3 Å². The van der Waals surface area contributed by atoms with Gasteiger partial charge in [0.05, 0.1) is 5.56 Å². The standard InChI is InChI=1S/C14H14F3N3O/c1-9-10(7-18-2)8-19-13(20-9)21-12-5-3-11(4-6-12)14(15,16)17/h3-6,8,18H,7H2,1-2H3. The van der Waals surface area contributed by atoms with E-state index in [4.69, 9.17) is 4.74 Å². The number of ether oxygens (including phenoxy) is 1. The summed E-state index contributed by atoms with van der Waals surface area (Å²) in [4.78, 5) is 8.19. The fourth-order valence-electron chi connectivity index (χ4n) is 1.70. The van der Waals surface area contributed by atoms with Crippen molar-refractivity contribution in [2.75, 3.05) is 7.05 Å². The maximum absolute atomic E-state index is 12.4. The van der Waals surface area contributed by atoms with Crippen LogP contribution in [0, 0.1) is 6.92 Å². The smallest absolute Gasteiger partial charge is 0.416 e. The average Bonchev–Trinajstić information content (AvgIpc) is 2.42. The van der Waals surface area contributed by atoms with Crippen LogP contribution in [0.2, 0.25) is 0 Å². The summed E-state index contributed by atoms with van der Waals surface area (Å²) in [6.07, 6.45) is -2.74. The van der Waals surface area contributed by atoms with Gasteiger partial charge in [-0.1, -0.05) is 0 Å². The van der Waals surface area contributed by atoms with E-state index in [1.807, 2.05) is 14.0 Å². The van der Waals surface area contributed by atoms with Crippen LogP contribution in [0.5, 0.6) is 11.8 Å². The SMILES string of the molecule is CNCc1cnc(Oc2ccc(C(F)(F)F)cc2)nc1C. The molecule has 1 aromatic heterocycles. The minimum absolute atomic E-state index is 0.104. The number of nitrogens with zero attached hydrogens (tertiary/aromatic N) is 2. The molecule has 1 heterocycles. The Kier molecular flexibility index (Phi) is 4.42. The van der Waals surface area contributed by atoms with Crippen LogP contribution in [-0.2, 0) is 12.7 Å². The van der Waals surface area contributed by atoms with E-state index in [9.17, 15) is 13.2 Å². The van der Waals surface area contributed by atoms with Gasteiger partial charge in [-0.2, -0.15) is 18.2 Å². The normalized spacial score (nSPS) is 11.5. The molecule has 1 N–H and O–H groups in total. The van der Waals surface area contributed by atoms with Crippen LogP contribution in [0.25, 0.3) is 0 Å².